The molecule has 0 fully saturated rings. The number of benzene rings is 3. The molecule has 0 atom stereocenters. The maximum absolute atomic E-state index is 11.3. The minimum absolute atomic E-state index is 0.179. The summed E-state index contributed by atoms with van der Waals surface area (Å²) in [7, 11) is 0. The molecule has 0 saturated heterocycles. The molecule has 0 amide bonds. The first-order valence-corrected chi connectivity index (χ1v) is 5.61. The number of carbonyl (C=O) groups is 1. The molecule has 88 valence electrons. The topological polar surface area (TPSA) is 63.3 Å². The van der Waals surface area contributed by atoms with Crippen LogP contribution in [0.25, 0.3) is 21.5 Å². The lowest BCUT2D eigenvalue weighted by atomic mass is 9.98. The second-order valence-electron chi connectivity index (χ2n) is 4.26. The quantitative estimate of drug-likeness (QED) is 0.504. The van der Waals surface area contributed by atoms with E-state index in [9.17, 15) is 9.90 Å². The van der Waals surface area contributed by atoms with Crippen molar-refractivity contribution >= 4 is 33.2 Å². The van der Waals surface area contributed by atoms with Gasteiger partial charge < -0.3 is 10.8 Å². The summed E-state index contributed by atoms with van der Waals surface area (Å²) >= 11 is 0. The zero-order valence-electron chi connectivity index (χ0n) is 9.55. The predicted molar refractivity (Wildman–Crippen MR) is 72.8 cm³/mol. The van der Waals surface area contributed by atoms with E-state index in [1.807, 2.05) is 42.5 Å². The van der Waals surface area contributed by atoms with Crippen LogP contribution in [0.3, 0.4) is 0 Å². The molecule has 0 aliphatic carbocycles. The van der Waals surface area contributed by atoms with Gasteiger partial charge in [0.2, 0.25) is 0 Å². The van der Waals surface area contributed by atoms with Crippen molar-refractivity contribution in [3.8, 4) is 0 Å². The Bertz CT molecular complexity index is 778. The zero-order valence-corrected chi connectivity index (χ0v) is 9.55. The molecule has 0 bridgehead atoms. The van der Waals surface area contributed by atoms with Crippen molar-refractivity contribution in [2.24, 2.45) is 0 Å². The molecule has 0 aliphatic rings. The van der Waals surface area contributed by atoms with Gasteiger partial charge in [0.1, 0.15) is 0 Å². The second-order valence-corrected chi connectivity index (χ2v) is 4.26. The zero-order chi connectivity index (χ0) is 12.7. The highest BCUT2D eigenvalue weighted by Gasteiger charge is 2.13. The number of carboxylic acid groups (broad SMARTS) is 1. The number of nitrogens with two attached hydrogens (primary N) is 1. The lowest BCUT2D eigenvalue weighted by molar-refractivity contribution is 0.0700. The minimum Gasteiger partial charge on any atom is -0.478 e. The van der Waals surface area contributed by atoms with Crippen LogP contribution < -0.4 is 5.73 Å². The van der Waals surface area contributed by atoms with E-state index in [-0.39, 0.29) is 5.56 Å². The van der Waals surface area contributed by atoms with E-state index < -0.39 is 5.97 Å². The first-order valence-electron chi connectivity index (χ1n) is 5.61. The summed E-state index contributed by atoms with van der Waals surface area (Å²) in [5, 5.41) is 12.9. The molecule has 3 aromatic carbocycles. The van der Waals surface area contributed by atoms with Crippen LogP contribution in [0.5, 0.6) is 0 Å². The van der Waals surface area contributed by atoms with E-state index in [1.54, 1.807) is 6.07 Å². The maximum atomic E-state index is 11.3. The molecule has 3 heteroatoms. The van der Waals surface area contributed by atoms with Crippen molar-refractivity contribution in [3.05, 3.63) is 54.1 Å². The Morgan fingerprint density at radius 1 is 0.944 bits per heavy atom. The third kappa shape index (κ3) is 1.49. The van der Waals surface area contributed by atoms with Gasteiger partial charge in [-0.1, -0.05) is 30.3 Å². The number of hydrogen-bond acceptors (Lipinski definition) is 2. The Balaban J connectivity index is 2.50. The summed E-state index contributed by atoms with van der Waals surface area (Å²) in [5.74, 6) is -0.992. The summed E-state index contributed by atoms with van der Waals surface area (Å²) in [6, 6.07) is 15.2. The number of fused-ring (bicyclic) bond motifs is 2. The van der Waals surface area contributed by atoms with Gasteiger partial charge in [-0.05, 0) is 39.7 Å². The van der Waals surface area contributed by atoms with Gasteiger partial charge >= 0.3 is 5.97 Å². The van der Waals surface area contributed by atoms with Crippen LogP contribution in [-0.4, -0.2) is 11.1 Å². The van der Waals surface area contributed by atoms with Gasteiger partial charge in [-0.2, -0.15) is 0 Å². The average Bonchev–Trinajstić information content (AvgIpc) is 2.36. The normalized spacial score (nSPS) is 10.9. The lowest BCUT2D eigenvalue weighted by Gasteiger charge is -2.07. The molecule has 3 N–H and O–H groups in total. The Kier molecular flexibility index (Phi) is 2.20. The largest absolute Gasteiger partial charge is 0.478 e. The third-order valence-electron chi connectivity index (χ3n) is 3.13. The van der Waals surface area contributed by atoms with Crippen LogP contribution >= 0.6 is 0 Å². The summed E-state index contributed by atoms with van der Waals surface area (Å²) in [6.07, 6.45) is 0. The SMILES string of the molecule is Nc1ccc2cc3ccccc3cc2c1C(=O)O. The average molecular weight is 237 g/mol. The molecule has 0 saturated carbocycles. The summed E-state index contributed by atoms with van der Waals surface area (Å²) in [5.41, 5.74) is 6.23. The van der Waals surface area contributed by atoms with Gasteiger partial charge in [0.05, 0.1) is 5.56 Å². The van der Waals surface area contributed by atoms with E-state index in [0.717, 1.165) is 16.2 Å². The van der Waals surface area contributed by atoms with Crippen molar-refractivity contribution < 1.29 is 9.90 Å². The van der Waals surface area contributed by atoms with Gasteiger partial charge in [-0.3, -0.25) is 0 Å². The number of hydrogen-bond donors (Lipinski definition) is 2. The van der Waals surface area contributed by atoms with E-state index >= 15 is 0 Å². The second kappa shape index (κ2) is 3.74. The molecule has 0 spiro atoms. The number of aromatic carboxylic acids is 1. The molecule has 0 aromatic heterocycles. The number of rotatable bonds is 1. The fraction of sp³-hybridized carbons (Fsp3) is 0. The Labute approximate surface area is 103 Å². The number of carboxylic acids is 1. The molecule has 0 heterocycles. The van der Waals surface area contributed by atoms with Gasteiger partial charge in [-0.15, -0.1) is 0 Å². The van der Waals surface area contributed by atoms with Crippen molar-refractivity contribution in [1.82, 2.24) is 0 Å². The fourth-order valence-corrected chi connectivity index (χ4v) is 2.27. The van der Waals surface area contributed by atoms with E-state index in [1.165, 1.54) is 0 Å². The highest BCUT2D eigenvalue weighted by atomic mass is 16.4. The summed E-state index contributed by atoms with van der Waals surface area (Å²) in [6.45, 7) is 0. The molecule has 3 aromatic rings. The van der Waals surface area contributed by atoms with Crippen molar-refractivity contribution in [1.29, 1.82) is 0 Å². The van der Waals surface area contributed by atoms with Crippen molar-refractivity contribution in [2.75, 3.05) is 5.73 Å². The monoisotopic (exact) mass is 237 g/mol. The highest BCUT2D eigenvalue weighted by molar-refractivity contribution is 6.11. The molecule has 3 nitrogen and oxygen atoms in total. The van der Waals surface area contributed by atoms with Gasteiger partial charge in [0.25, 0.3) is 0 Å². The predicted octanol–water partition coefficient (Wildman–Crippen LogP) is 3.27. The van der Waals surface area contributed by atoms with Crippen LogP contribution in [-0.2, 0) is 0 Å². The highest BCUT2D eigenvalue weighted by Crippen LogP contribution is 2.28. The Morgan fingerprint density at radius 2 is 1.61 bits per heavy atom. The maximum Gasteiger partial charge on any atom is 0.338 e. The van der Waals surface area contributed by atoms with Gasteiger partial charge in [-0.25, -0.2) is 4.79 Å². The van der Waals surface area contributed by atoms with Crippen molar-refractivity contribution in [3.63, 3.8) is 0 Å². The third-order valence-corrected chi connectivity index (χ3v) is 3.13. The minimum atomic E-state index is -0.992. The Hall–Kier alpha value is -2.55. The van der Waals surface area contributed by atoms with Crippen LogP contribution in [0, 0.1) is 0 Å². The van der Waals surface area contributed by atoms with Crippen LogP contribution in [0.1, 0.15) is 10.4 Å². The molecule has 0 unspecified atom stereocenters. The molecular formula is C15H11NO2. The van der Waals surface area contributed by atoms with Crippen LogP contribution in [0.4, 0.5) is 5.69 Å². The fourth-order valence-electron chi connectivity index (χ4n) is 2.27. The number of anilines is 1. The molecule has 18 heavy (non-hydrogen) atoms. The number of nitrogen functional groups attached to an aromatic ring is 1. The Morgan fingerprint density at radius 3 is 2.28 bits per heavy atom. The van der Waals surface area contributed by atoms with Crippen molar-refractivity contribution in [2.45, 2.75) is 0 Å². The summed E-state index contributed by atoms with van der Waals surface area (Å²) in [4.78, 5) is 11.3. The molecular weight excluding hydrogens is 226 g/mol. The van der Waals surface area contributed by atoms with Gasteiger partial charge in [0, 0.05) is 5.69 Å². The lowest BCUT2D eigenvalue weighted by Crippen LogP contribution is -2.03. The van der Waals surface area contributed by atoms with E-state index in [4.69, 9.17) is 5.73 Å². The first-order chi connectivity index (χ1) is 8.66. The van der Waals surface area contributed by atoms with E-state index in [0.29, 0.717) is 11.1 Å². The molecule has 0 aliphatic heterocycles. The van der Waals surface area contributed by atoms with Gasteiger partial charge in [0.15, 0.2) is 0 Å². The van der Waals surface area contributed by atoms with E-state index in [2.05, 4.69) is 0 Å². The van der Waals surface area contributed by atoms with Crippen LogP contribution in [0.15, 0.2) is 48.5 Å². The van der Waals surface area contributed by atoms with Crippen LogP contribution in [0.2, 0.25) is 0 Å². The summed E-state index contributed by atoms with van der Waals surface area (Å²) < 4.78 is 0. The molecule has 3 rings (SSSR count). The smallest absolute Gasteiger partial charge is 0.338 e. The molecule has 0 radical (unpaired) electrons. The first kappa shape index (κ1) is 10.6. The standard InChI is InChI=1S/C15H11NO2/c16-13-6-5-11-7-9-3-1-2-4-10(9)8-12(11)14(13)15(17)18/h1-8H,16H2,(H,17,18).